The summed E-state index contributed by atoms with van der Waals surface area (Å²) in [6.07, 6.45) is -5.29. The van der Waals surface area contributed by atoms with E-state index < -0.39 is 36.1 Å². The van der Waals surface area contributed by atoms with Gasteiger partial charge in [0, 0.05) is 0 Å². The van der Waals surface area contributed by atoms with Crippen LogP contribution in [0.2, 0.25) is 0 Å². The van der Waals surface area contributed by atoms with Gasteiger partial charge >= 0.3 is 12.3 Å². The maximum absolute atomic E-state index is 12.6. The average molecular weight is 305 g/mol. The number of rotatable bonds is 3. The molecule has 1 aromatic rings. The molecule has 0 aromatic heterocycles. The Morgan fingerprint density at radius 2 is 1.95 bits per heavy atom. The lowest BCUT2D eigenvalue weighted by Gasteiger charge is -2.23. The molecular weight excluding hydrogens is 287 g/mol. The van der Waals surface area contributed by atoms with Gasteiger partial charge in [0.1, 0.15) is 5.60 Å². The molecule has 1 atom stereocenters. The molecule has 0 fully saturated rings. The van der Waals surface area contributed by atoms with Gasteiger partial charge in [0.2, 0.25) is 0 Å². The summed E-state index contributed by atoms with van der Waals surface area (Å²) in [5.74, 6) is 0. The topological polar surface area (TPSA) is 58.6 Å². The van der Waals surface area contributed by atoms with Gasteiger partial charge in [-0.3, -0.25) is 0 Å². The Morgan fingerprint density at radius 3 is 2.43 bits per heavy atom. The minimum atomic E-state index is -4.48. The Morgan fingerprint density at radius 1 is 1.33 bits per heavy atom. The zero-order valence-corrected chi connectivity index (χ0v) is 12.0. The van der Waals surface area contributed by atoms with Gasteiger partial charge in [0.25, 0.3) is 0 Å². The van der Waals surface area contributed by atoms with Crippen LogP contribution >= 0.6 is 0 Å². The molecule has 1 aromatic carbocycles. The van der Waals surface area contributed by atoms with Crippen LogP contribution in [-0.4, -0.2) is 23.4 Å². The zero-order chi connectivity index (χ0) is 16.3. The summed E-state index contributed by atoms with van der Waals surface area (Å²) in [5, 5.41) is 11.6. The highest BCUT2D eigenvalue weighted by Crippen LogP contribution is 2.30. The van der Waals surface area contributed by atoms with E-state index in [-0.39, 0.29) is 5.56 Å². The van der Waals surface area contributed by atoms with Crippen molar-refractivity contribution in [3.05, 3.63) is 35.4 Å². The fourth-order valence-electron chi connectivity index (χ4n) is 1.62. The molecule has 1 amide bonds. The molecular formula is C14H18F3NO3. The fraction of sp³-hybridized carbons (Fsp3) is 0.500. The van der Waals surface area contributed by atoms with E-state index in [1.807, 2.05) is 0 Å². The minimum absolute atomic E-state index is 0.151. The van der Waals surface area contributed by atoms with Crippen molar-refractivity contribution in [2.24, 2.45) is 0 Å². The fourth-order valence-corrected chi connectivity index (χ4v) is 1.62. The molecule has 118 valence electrons. The van der Waals surface area contributed by atoms with Gasteiger partial charge in [-0.15, -0.1) is 0 Å². The van der Waals surface area contributed by atoms with Gasteiger partial charge in [-0.25, -0.2) is 4.79 Å². The first-order chi connectivity index (χ1) is 9.53. The third-order valence-corrected chi connectivity index (χ3v) is 2.49. The molecule has 0 aliphatic carbocycles. The van der Waals surface area contributed by atoms with Crippen LogP contribution in [0.3, 0.4) is 0 Å². The van der Waals surface area contributed by atoms with Crippen molar-refractivity contribution in [2.45, 2.75) is 38.6 Å². The third kappa shape index (κ3) is 5.63. The Labute approximate surface area is 120 Å². The lowest BCUT2D eigenvalue weighted by Crippen LogP contribution is -2.36. The van der Waals surface area contributed by atoms with Crippen molar-refractivity contribution in [3.8, 4) is 0 Å². The summed E-state index contributed by atoms with van der Waals surface area (Å²) >= 11 is 0. The normalized spacial score (nSPS) is 13.7. The smallest absolute Gasteiger partial charge is 0.416 e. The lowest BCUT2D eigenvalue weighted by atomic mass is 10.0. The Kier molecular flexibility index (Phi) is 5.22. The summed E-state index contributed by atoms with van der Waals surface area (Å²) in [6.45, 7) is 4.43. The lowest BCUT2D eigenvalue weighted by molar-refractivity contribution is -0.137. The first kappa shape index (κ1) is 17.3. The molecule has 0 spiro atoms. The highest BCUT2D eigenvalue weighted by Gasteiger charge is 2.31. The Bertz CT molecular complexity index is 495. The maximum Gasteiger partial charge on any atom is 0.416 e. The molecule has 0 bridgehead atoms. The molecule has 0 saturated heterocycles. The largest absolute Gasteiger partial charge is 0.444 e. The van der Waals surface area contributed by atoms with Gasteiger partial charge in [-0.2, -0.15) is 13.2 Å². The second-order valence-electron chi connectivity index (χ2n) is 5.50. The molecule has 0 heterocycles. The molecule has 1 rings (SSSR count). The predicted octanol–water partition coefficient (Wildman–Crippen LogP) is 3.26. The van der Waals surface area contributed by atoms with E-state index in [9.17, 15) is 23.1 Å². The highest BCUT2D eigenvalue weighted by molar-refractivity contribution is 5.68. The number of hydrogen-bond acceptors (Lipinski definition) is 3. The van der Waals surface area contributed by atoms with Crippen LogP contribution in [0.4, 0.5) is 18.0 Å². The number of amides is 1. The first-order valence-corrected chi connectivity index (χ1v) is 6.30. The van der Waals surface area contributed by atoms with Crippen molar-refractivity contribution < 1.29 is 27.8 Å². The van der Waals surface area contributed by atoms with E-state index in [0.29, 0.717) is 0 Å². The maximum atomic E-state index is 12.6. The van der Waals surface area contributed by atoms with Crippen LogP contribution in [-0.2, 0) is 10.9 Å². The van der Waals surface area contributed by atoms with Gasteiger partial charge in [0.15, 0.2) is 0 Å². The molecule has 7 heteroatoms. The SMILES string of the molecule is CC(C)(C)OC(=O)N[C@@H](CO)c1cccc(C(F)(F)F)c1. The van der Waals surface area contributed by atoms with E-state index in [4.69, 9.17) is 4.74 Å². The second-order valence-corrected chi connectivity index (χ2v) is 5.50. The van der Waals surface area contributed by atoms with E-state index in [0.717, 1.165) is 12.1 Å². The summed E-state index contributed by atoms with van der Waals surface area (Å²) in [4.78, 5) is 11.6. The number of benzene rings is 1. The molecule has 21 heavy (non-hydrogen) atoms. The Balaban J connectivity index is 2.88. The quantitative estimate of drug-likeness (QED) is 0.901. The summed E-state index contributed by atoms with van der Waals surface area (Å²) < 4.78 is 42.9. The number of hydrogen-bond donors (Lipinski definition) is 2. The minimum Gasteiger partial charge on any atom is -0.444 e. The highest BCUT2D eigenvalue weighted by atomic mass is 19.4. The number of alkyl carbamates (subject to hydrolysis) is 1. The van der Waals surface area contributed by atoms with Crippen LogP contribution in [0.25, 0.3) is 0 Å². The second kappa shape index (κ2) is 6.34. The van der Waals surface area contributed by atoms with Gasteiger partial charge in [-0.05, 0) is 38.5 Å². The molecule has 0 unspecified atom stereocenters. The van der Waals surface area contributed by atoms with Crippen LogP contribution < -0.4 is 5.32 Å². The molecule has 2 N–H and O–H groups in total. The predicted molar refractivity (Wildman–Crippen MR) is 70.6 cm³/mol. The third-order valence-electron chi connectivity index (χ3n) is 2.49. The molecule has 0 aliphatic heterocycles. The molecule has 0 radical (unpaired) electrons. The van der Waals surface area contributed by atoms with Gasteiger partial charge in [-0.1, -0.05) is 12.1 Å². The van der Waals surface area contributed by atoms with E-state index in [1.54, 1.807) is 20.8 Å². The van der Waals surface area contributed by atoms with Crippen LogP contribution in [0.5, 0.6) is 0 Å². The van der Waals surface area contributed by atoms with Crippen molar-refractivity contribution in [1.29, 1.82) is 0 Å². The van der Waals surface area contributed by atoms with Gasteiger partial charge in [0.05, 0.1) is 18.2 Å². The Hall–Kier alpha value is -1.76. The summed E-state index contributed by atoms with van der Waals surface area (Å²) in [7, 11) is 0. The number of alkyl halides is 3. The first-order valence-electron chi connectivity index (χ1n) is 6.30. The molecule has 4 nitrogen and oxygen atoms in total. The van der Waals surface area contributed by atoms with Gasteiger partial charge < -0.3 is 15.2 Å². The zero-order valence-electron chi connectivity index (χ0n) is 12.0. The molecule has 0 saturated carbocycles. The number of nitrogens with one attached hydrogen (secondary N) is 1. The van der Waals surface area contributed by atoms with Crippen LogP contribution in [0, 0.1) is 0 Å². The number of aliphatic hydroxyl groups excluding tert-OH is 1. The van der Waals surface area contributed by atoms with Crippen LogP contribution in [0.15, 0.2) is 24.3 Å². The average Bonchev–Trinajstić information content (AvgIpc) is 2.33. The number of carbonyl (C=O) groups is 1. The number of carbonyl (C=O) groups excluding carboxylic acids is 1. The number of halogens is 3. The monoisotopic (exact) mass is 305 g/mol. The summed E-state index contributed by atoms with van der Waals surface area (Å²) in [5.41, 5.74) is -1.43. The van der Waals surface area contributed by atoms with E-state index >= 15 is 0 Å². The number of aliphatic hydroxyl groups is 1. The van der Waals surface area contributed by atoms with Crippen molar-refractivity contribution in [2.75, 3.05) is 6.61 Å². The van der Waals surface area contributed by atoms with Crippen molar-refractivity contribution in [1.82, 2.24) is 5.32 Å². The van der Waals surface area contributed by atoms with E-state index in [2.05, 4.69) is 5.32 Å². The van der Waals surface area contributed by atoms with E-state index in [1.165, 1.54) is 12.1 Å². The van der Waals surface area contributed by atoms with Crippen molar-refractivity contribution >= 4 is 6.09 Å². The van der Waals surface area contributed by atoms with Crippen molar-refractivity contribution in [3.63, 3.8) is 0 Å². The number of ether oxygens (including phenoxy) is 1. The summed E-state index contributed by atoms with van der Waals surface area (Å²) in [6, 6.07) is 3.46. The standard InChI is InChI=1S/C14H18F3NO3/c1-13(2,3)21-12(20)18-11(8-19)9-5-4-6-10(7-9)14(15,16)17/h4-7,11,19H,8H2,1-3H3,(H,18,20)/t11-/m0/s1. The van der Waals surface area contributed by atoms with Crippen LogP contribution in [0.1, 0.15) is 37.9 Å². The molecule has 0 aliphatic rings.